The van der Waals surface area contributed by atoms with Gasteiger partial charge in [0.25, 0.3) is 0 Å². The van der Waals surface area contributed by atoms with Crippen LogP contribution in [-0.4, -0.2) is 22.5 Å². The Morgan fingerprint density at radius 3 is 2.71 bits per heavy atom. The van der Waals surface area contributed by atoms with E-state index in [0.717, 1.165) is 30.0 Å². The van der Waals surface area contributed by atoms with Crippen LogP contribution in [0.15, 0.2) is 36.7 Å². The summed E-state index contributed by atoms with van der Waals surface area (Å²) in [5.41, 5.74) is 2.04. The molecular weight excluding hydrogens is 264 g/mol. The van der Waals surface area contributed by atoms with Crippen molar-refractivity contribution < 1.29 is 4.79 Å². The molecule has 1 aromatic heterocycles. The highest BCUT2D eigenvalue weighted by molar-refractivity contribution is 5.78. The molecule has 0 saturated carbocycles. The lowest BCUT2D eigenvalue weighted by Crippen LogP contribution is -2.19. The average molecular weight is 286 g/mol. The number of likely N-dealkylation sites (N-methyl/N-ethyl adjacent to an activating group) is 1. The molecule has 0 atom stereocenters. The zero-order valence-electron chi connectivity index (χ0n) is 12.6. The SMILES string of the molecule is CCCn1ccnc1CNc1ccc(CC(=O)NC)cc1. The van der Waals surface area contributed by atoms with E-state index < -0.39 is 0 Å². The predicted octanol–water partition coefficient (Wildman–Crippen LogP) is 2.19. The number of carbonyl (C=O) groups excluding carboxylic acids is 1. The quantitative estimate of drug-likeness (QED) is 0.820. The molecule has 1 aromatic carbocycles. The summed E-state index contributed by atoms with van der Waals surface area (Å²) < 4.78 is 2.16. The number of aryl methyl sites for hydroxylation is 1. The maximum absolute atomic E-state index is 11.3. The number of imidazole rings is 1. The minimum atomic E-state index is 0.0253. The Kier molecular flexibility index (Phi) is 5.37. The van der Waals surface area contributed by atoms with Gasteiger partial charge >= 0.3 is 0 Å². The van der Waals surface area contributed by atoms with Crippen LogP contribution in [0.5, 0.6) is 0 Å². The fraction of sp³-hybridized carbons (Fsp3) is 0.375. The molecule has 1 amide bonds. The van der Waals surface area contributed by atoms with Crippen LogP contribution in [0.25, 0.3) is 0 Å². The Morgan fingerprint density at radius 1 is 1.29 bits per heavy atom. The van der Waals surface area contributed by atoms with E-state index in [1.807, 2.05) is 36.7 Å². The molecule has 1 heterocycles. The fourth-order valence-corrected chi connectivity index (χ4v) is 2.15. The van der Waals surface area contributed by atoms with E-state index in [1.165, 1.54) is 0 Å². The number of amides is 1. The number of nitrogens with one attached hydrogen (secondary N) is 2. The number of rotatable bonds is 7. The van der Waals surface area contributed by atoms with Gasteiger partial charge in [-0.1, -0.05) is 19.1 Å². The van der Waals surface area contributed by atoms with Crippen molar-refractivity contribution in [3.05, 3.63) is 48.0 Å². The lowest BCUT2D eigenvalue weighted by molar-refractivity contribution is -0.119. The van der Waals surface area contributed by atoms with Crippen LogP contribution in [0.4, 0.5) is 5.69 Å². The van der Waals surface area contributed by atoms with E-state index in [0.29, 0.717) is 13.0 Å². The first kappa shape index (κ1) is 15.1. The van der Waals surface area contributed by atoms with E-state index in [4.69, 9.17) is 0 Å². The molecule has 2 N–H and O–H groups in total. The molecule has 21 heavy (non-hydrogen) atoms. The van der Waals surface area contributed by atoms with Crippen LogP contribution < -0.4 is 10.6 Å². The van der Waals surface area contributed by atoms with Gasteiger partial charge in [0.05, 0.1) is 13.0 Å². The van der Waals surface area contributed by atoms with Crippen molar-refractivity contribution in [3.8, 4) is 0 Å². The highest BCUT2D eigenvalue weighted by Crippen LogP contribution is 2.11. The molecule has 2 aromatic rings. The van der Waals surface area contributed by atoms with Crippen molar-refractivity contribution in [2.45, 2.75) is 32.9 Å². The van der Waals surface area contributed by atoms with Crippen molar-refractivity contribution in [1.82, 2.24) is 14.9 Å². The maximum atomic E-state index is 11.3. The molecule has 0 saturated heterocycles. The summed E-state index contributed by atoms with van der Waals surface area (Å²) in [6.45, 7) is 3.84. The number of benzene rings is 1. The van der Waals surface area contributed by atoms with Gasteiger partial charge in [0.1, 0.15) is 5.82 Å². The Morgan fingerprint density at radius 2 is 2.05 bits per heavy atom. The van der Waals surface area contributed by atoms with Crippen LogP contribution >= 0.6 is 0 Å². The third kappa shape index (κ3) is 4.34. The van der Waals surface area contributed by atoms with Crippen molar-refractivity contribution in [2.24, 2.45) is 0 Å². The Balaban J connectivity index is 1.91. The Hall–Kier alpha value is -2.30. The molecule has 0 unspecified atom stereocenters. The molecule has 0 radical (unpaired) electrons. The van der Waals surface area contributed by atoms with Gasteiger partial charge in [0.15, 0.2) is 0 Å². The highest BCUT2D eigenvalue weighted by atomic mass is 16.1. The van der Waals surface area contributed by atoms with Gasteiger partial charge in [-0.05, 0) is 24.1 Å². The van der Waals surface area contributed by atoms with Crippen LogP contribution in [0, 0.1) is 0 Å². The minimum absolute atomic E-state index is 0.0253. The standard InChI is InChI=1S/C16H22N4O/c1-3-9-20-10-8-18-15(20)12-19-14-6-4-13(5-7-14)11-16(21)17-2/h4-8,10,19H,3,9,11-12H2,1-2H3,(H,17,21). The van der Waals surface area contributed by atoms with E-state index >= 15 is 0 Å². The lowest BCUT2D eigenvalue weighted by atomic mass is 10.1. The van der Waals surface area contributed by atoms with Gasteiger partial charge in [-0.2, -0.15) is 0 Å². The first-order valence-electron chi connectivity index (χ1n) is 7.26. The van der Waals surface area contributed by atoms with Crippen LogP contribution in [0.1, 0.15) is 24.7 Å². The monoisotopic (exact) mass is 286 g/mol. The van der Waals surface area contributed by atoms with E-state index in [-0.39, 0.29) is 5.91 Å². The van der Waals surface area contributed by atoms with Crippen molar-refractivity contribution >= 4 is 11.6 Å². The zero-order valence-corrected chi connectivity index (χ0v) is 12.6. The molecule has 0 fully saturated rings. The van der Waals surface area contributed by atoms with Crippen molar-refractivity contribution in [2.75, 3.05) is 12.4 Å². The second kappa shape index (κ2) is 7.47. The highest BCUT2D eigenvalue weighted by Gasteiger charge is 2.03. The number of hydrogen-bond acceptors (Lipinski definition) is 3. The van der Waals surface area contributed by atoms with Gasteiger partial charge in [-0.3, -0.25) is 4.79 Å². The molecule has 0 spiro atoms. The summed E-state index contributed by atoms with van der Waals surface area (Å²) in [4.78, 5) is 15.7. The first-order valence-corrected chi connectivity index (χ1v) is 7.26. The molecule has 112 valence electrons. The minimum Gasteiger partial charge on any atom is -0.378 e. The van der Waals surface area contributed by atoms with E-state index in [2.05, 4.69) is 27.1 Å². The summed E-state index contributed by atoms with van der Waals surface area (Å²) in [7, 11) is 1.65. The van der Waals surface area contributed by atoms with Crippen LogP contribution in [-0.2, 0) is 24.3 Å². The Labute approximate surface area is 125 Å². The molecule has 5 heteroatoms. The number of aromatic nitrogens is 2. The van der Waals surface area contributed by atoms with Crippen LogP contribution in [0.3, 0.4) is 0 Å². The number of nitrogens with zero attached hydrogens (tertiary/aromatic N) is 2. The number of hydrogen-bond donors (Lipinski definition) is 2. The Bertz CT molecular complexity index is 574. The molecule has 0 aliphatic rings. The predicted molar refractivity (Wildman–Crippen MR) is 84.1 cm³/mol. The maximum Gasteiger partial charge on any atom is 0.224 e. The third-order valence-electron chi connectivity index (χ3n) is 3.31. The average Bonchev–Trinajstić information content (AvgIpc) is 2.94. The lowest BCUT2D eigenvalue weighted by Gasteiger charge is -2.09. The molecule has 5 nitrogen and oxygen atoms in total. The smallest absolute Gasteiger partial charge is 0.224 e. The molecule has 0 bridgehead atoms. The second-order valence-electron chi connectivity index (χ2n) is 4.94. The number of carbonyl (C=O) groups is 1. The first-order chi connectivity index (χ1) is 10.2. The van der Waals surface area contributed by atoms with Crippen molar-refractivity contribution in [3.63, 3.8) is 0 Å². The summed E-state index contributed by atoms with van der Waals surface area (Å²) in [5.74, 6) is 1.06. The summed E-state index contributed by atoms with van der Waals surface area (Å²) in [6.07, 6.45) is 5.35. The van der Waals surface area contributed by atoms with E-state index in [9.17, 15) is 4.79 Å². The third-order valence-corrected chi connectivity index (χ3v) is 3.31. The fourth-order valence-electron chi connectivity index (χ4n) is 2.15. The van der Waals surface area contributed by atoms with Crippen LogP contribution in [0.2, 0.25) is 0 Å². The molecule has 0 aliphatic carbocycles. The summed E-state index contributed by atoms with van der Waals surface area (Å²) >= 11 is 0. The van der Waals surface area contributed by atoms with E-state index in [1.54, 1.807) is 7.05 Å². The van der Waals surface area contributed by atoms with Gasteiger partial charge < -0.3 is 15.2 Å². The largest absolute Gasteiger partial charge is 0.378 e. The number of anilines is 1. The van der Waals surface area contributed by atoms with Gasteiger partial charge in [0, 0.05) is 31.7 Å². The molecule has 2 rings (SSSR count). The van der Waals surface area contributed by atoms with Gasteiger partial charge in [0.2, 0.25) is 5.91 Å². The topological polar surface area (TPSA) is 59.0 Å². The molecular formula is C16H22N4O. The normalized spacial score (nSPS) is 10.4. The van der Waals surface area contributed by atoms with Crippen molar-refractivity contribution in [1.29, 1.82) is 0 Å². The van der Waals surface area contributed by atoms with Gasteiger partial charge in [-0.15, -0.1) is 0 Å². The summed E-state index contributed by atoms with van der Waals surface area (Å²) in [5, 5.41) is 5.98. The van der Waals surface area contributed by atoms with Gasteiger partial charge in [-0.25, -0.2) is 4.98 Å². The molecule has 0 aliphatic heterocycles. The summed E-state index contributed by atoms with van der Waals surface area (Å²) in [6, 6.07) is 7.92. The zero-order chi connectivity index (χ0) is 15.1. The second-order valence-corrected chi connectivity index (χ2v) is 4.94.